The predicted octanol–water partition coefficient (Wildman–Crippen LogP) is 4.58. The molecule has 5 nitrogen and oxygen atoms in total. The smallest absolute Gasteiger partial charge is 0.407 e. The van der Waals surface area contributed by atoms with Gasteiger partial charge >= 0.3 is 6.09 Å². The molecule has 0 fully saturated rings. The molecule has 0 spiro atoms. The normalized spacial score (nSPS) is 12.6. The van der Waals surface area contributed by atoms with Crippen molar-refractivity contribution in [3.63, 3.8) is 0 Å². The average molecular weight is 363 g/mol. The van der Waals surface area contributed by atoms with Crippen LogP contribution in [0.4, 0.5) is 4.79 Å². The van der Waals surface area contributed by atoms with Gasteiger partial charge in [-0.25, -0.2) is 4.79 Å². The zero-order valence-corrected chi connectivity index (χ0v) is 17.2. The minimum Gasteiger partial charge on any atom is -0.444 e. The molecule has 1 aromatic carbocycles. The predicted molar refractivity (Wildman–Crippen MR) is 106 cm³/mol. The molecule has 0 aliphatic carbocycles. The van der Waals surface area contributed by atoms with Gasteiger partial charge in [0.05, 0.1) is 0 Å². The molecule has 0 aliphatic heterocycles. The highest BCUT2D eigenvalue weighted by molar-refractivity contribution is 5.94. The minimum atomic E-state index is -0.531. The molecule has 0 saturated carbocycles. The lowest BCUT2D eigenvalue weighted by Gasteiger charge is -2.19. The molecule has 0 bridgehead atoms. The summed E-state index contributed by atoms with van der Waals surface area (Å²) < 4.78 is 5.16. The highest BCUT2D eigenvalue weighted by Gasteiger charge is 2.16. The number of benzene rings is 1. The van der Waals surface area contributed by atoms with Crippen LogP contribution in [0, 0.1) is 0 Å². The van der Waals surface area contributed by atoms with Crippen molar-refractivity contribution in [2.24, 2.45) is 0 Å². The Morgan fingerprint density at radius 1 is 1.00 bits per heavy atom. The Morgan fingerprint density at radius 3 is 2.12 bits per heavy atom. The number of hydrogen-bond acceptors (Lipinski definition) is 3. The van der Waals surface area contributed by atoms with Gasteiger partial charge in [0, 0.05) is 18.7 Å². The fourth-order valence-corrected chi connectivity index (χ4v) is 2.42. The maximum absolute atomic E-state index is 12.5. The quantitative estimate of drug-likeness (QED) is 0.698. The van der Waals surface area contributed by atoms with Crippen molar-refractivity contribution in [3.05, 3.63) is 34.9 Å². The molecule has 1 unspecified atom stereocenters. The average Bonchev–Trinajstić information content (AvgIpc) is 2.55. The van der Waals surface area contributed by atoms with E-state index in [-0.39, 0.29) is 5.91 Å². The van der Waals surface area contributed by atoms with Crippen LogP contribution in [-0.2, 0) is 4.74 Å². The van der Waals surface area contributed by atoms with Crippen molar-refractivity contribution < 1.29 is 14.3 Å². The first-order chi connectivity index (χ1) is 12.0. The molecular weight excluding hydrogens is 328 g/mol. The maximum Gasteiger partial charge on any atom is 0.407 e. The van der Waals surface area contributed by atoms with Gasteiger partial charge in [0.2, 0.25) is 0 Å². The van der Waals surface area contributed by atoms with Crippen LogP contribution in [0.25, 0.3) is 0 Å². The van der Waals surface area contributed by atoms with Crippen LogP contribution in [0.2, 0.25) is 0 Å². The monoisotopic (exact) mass is 362 g/mol. The van der Waals surface area contributed by atoms with Crippen molar-refractivity contribution in [1.29, 1.82) is 0 Å². The molecule has 5 heteroatoms. The second-order valence-corrected chi connectivity index (χ2v) is 8.04. The Bertz CT molecular complexity index is 618. The Labute approximate surface area is 157 Å². The van der Waals surface area contributed by atoms with E-state index in [4.69, 9.17) is 4.74 Å². The zero-order valence-electron chi connectivity index (χ0n) is 17.2. The molecule has 2 amide bonds. The van der Waals surface area contributed by atoms with Crippen molar-refractivity contribution in [2.75, 3.05) is 13.1 Å². The van der Waals surface area contributed by atoms with Crippen molar-refractivity contribution >= 4 is 12.0 Å². The Balaban J connectivity index is 2.66. The highest BCUT2D eigenvalue weighted by atomic mass is 16.6. The van der Waals surface area contributed by atoms with E-state index in [0.29, 0.717) is 30.5 Å². The van der Waals surface area contributed by atoms with E-state index in [0.717, 1.165) is 6.42 Å². The van der Waals surface area contributed by atoms with E-state index in [2.05, 4.69) is 44.4 Å². The van der Waals surface area contributed by atoms with E-state index in [1.54, 1.807) is 0 Å². The first-order valence-corrected chi connectivity index (χ1v) is 9.43. The number of nitrogens with one attached hydrogen (secondary N) is 2. The number of hydrogen-bond donors (Lipinski definition) is 2. The Morgan fingerprint density at radius 2 is 1.58 bits per heavy atom. The van der Waals surface area contributed by atoms with Crippen LogP contribution < -0.4 is 10.6 Å². The van der Waals surface area contributed by atoms with Crippen LogP contribution in [0.1, 0.15) is 88.2 Å². The SMILES string of the molecule is CCC(C)c1cc(C(=O)NCCNC(=O)OC(C)(C)C)cc(C(C)C)c1. The van der Waals surface area contributed by atoms with Gasteiger partial charge in [-0.15, -0.1) is 0 Å². The van der Waals surface area contributed by atoms with E-state index in [1.165, 1.54) is 11.1 Å². The van der Waals surface area contributed by atoms with Crippen LogP contribution in [-0.4, -0.2) is 30.7 Å². The number of alkyl carbamates (subject to hydrolysis) is 1. The number of amides is 2. The van der Waals surface area contributed by atoms with Crippen LogP contribution >= 0.6 is 0 Å². The second kappa shape index (κ2) is 9.60. The summed E-state index contributed by atoms with van der Waals surface area (Å²) in [6, 6.07) is 6.11. The van der Waals surface area contributed by atoms with Crippen molar-refractivity contribution in [2.45, 2.75) is 72.3 Å². The molecule has 2 N–H and O–H groups in total. The second-order valence-electron chi connectivity index (χ2n) is 8.04. The third kappa shape index (κ3) is 7.46. The molecule has 0 heterocycles. The summed E-state index contributed by atoms with van der Waals surface area (Å²) in [5.74, 6) is 0.650. The van der Waals surface area contributed by atoms with Gasteiger partial charge in [-0.2, -0.15) is 0 Å². The summed E-state index contributed by atoms with van der Waals surface area (Å²) in [5.41, 5.74) is 2.50. The summed E-state index contributed by atoms with van der Waals surface area (Å²) in [4.78, 5) is 24.1. The molecule has 26 heavy (non-hydrogen) atoms. The third-order valence-electron chi connectivity index (χ3n) is 4.17. The summed E-state index contributed by atoms with van der Waals surface area (Å²) in [6.45, 7) is 14.7. The lowest BCUT2D eigenvalue weighted by molar-refractivity contribution is 0.0526. The van der Waals surface area contributed by atoms with Gasteiger partial charge in [-0.1, -0.05) is 33.8 Å². The lowest BCUT2D eigenvalue weighted by Crippen LogP contribution is -2.37. The number of ether oxygens (including phenoxy) is 1. The van der Waals surface area contributed by atoms with E-state index < -0.39 is 11.7 Å². The summed E-state index contributed by atoms with van der Waals surface area (Å²) in [6.07, 6.45) is 0.551. The molecule has 1 atom stereocenters. The number of rotatable bonds is 7. The highest BCUT2D eigenvalue weighted by Crippen LogP contribution is 2.25. The van der Waals surface area contributed by atoms with Gasteiger partial charge < -0.3 is 15.4 Å². The first-order valence-electron chi connectivity index (χ1n) is 9.43. The van der Waals surface area contributed by atoms with Crippen LogP contribution in [0.5, 0.6) is 0 Å². The van der Waals surface area contributed by atoms with Crippen molar-refractivity contribution in [1.82, 2.24) is 10.6 Å². The molecule has 146 valence electrons. The molecule has 0 aliphatic rings. The maximum atomic E-state index is 12.5. The van der Waals surface area contributed by atoms with E-state index in [1.807, 2.05) is 32.9 Å². The summed E-state index contributed by atoms with van der Waals surface area (Å²) in [5, 5.41) is 5.50. The topological polar surface area (TPSA) is 67.4 Å². The largest absolute Gasteiger partial charge is 0.444 e. The minimum absolute atomic E-state index is 0.122. The van der Waals surface area contributed by atoms with Crippen LogP contribution in [0.15, 0.2) is 18.2 Å². The molecule has 0 aromatic heterocycles. The number of carbonyl (C=O) groups is 2. The third-order valence-corrected chi connectivity index (χ3v) is 4.17. The fraction of sp³-hybridized carbons (Fsp3) is 0.619. The van der Waals surface area contributed by atoms with E-state index >= 15 is 0 Å². The summed E-state index contributed by atoms with van der Waals surface area (Å²) >= 11 is 0. The Hall–Kier alpha value is -2.04. The van der Waals surface area contributed by atoms with Gasteiger partial charge in [0.1, 0.15) is 5.60 Å². The molecular formula is C21H34N2O3. The summed E-state index contributed by atoms with van der Waals surface area (Å²) in [7, 11) is 0. The van der Waals surface area contributed by atoms with Gasteiger partial charge in [0.15, 0.2) is 0 Å². The lowest BCUT2D eigenvalue weighted by atomic mass is 9.91. The molecule has 0 radical (unpaired) electrons. The van der Waals surface area contributed by atoms with Gasteiger partial charge in [-0.3, -0.25) is 4.79 Å². The number of carbonyl (C=O) groups excluding carboxylic acids is 2. The molecule has 1 aromatic rings. The molecule has 0 saturated heterocycles. The molecule has 1 rings (SSSR count). The van der Waals surface area contributed by atoms with Gasteiger partial charge in [-0.05, 0) is 62.3 Å². The van der Waals surface area contributed by atoms with Crippen LogP contribution in [0.3, 0.4) is 0 Å². The van der Waals surface area contributed by atoms with E-state index in [9.17, 15) is 9.59 Å². The standard InChI is InChI=1S/C21H34N2O3/c1-8-15(4)17-11-16(14(2)3)12-18(13-17)19(24)22-9-10-23-20(25)26-21(5,6)7/h11-15H,8-10H2,1-7H3,(H,22,24)(H,23,25). The van der Waals surface area contributed by atoms with Gasteiger partial charge in [0.25, 0.3) is 5.91 Å². The first kappa shape index (κ1) is 22.0. The fourth-order valence-electron chi connectivity index (χ4n) is 2.42. The zero-order chi connectivity index (χ0) is 19.9. The Kier molecular flexibility index (Phi) is 8.12. The van der Waals surface area contributed by atoms with Crippen molar-refractivity contribution in [3.8, 4) is 0 Å².